The fourth-order valence-corrected chi connectivity index (χ4v) is 2.19. The smallest absolute Gasteiger partial charge is 0.129 e. The molecule has 0 bridgehead atoms. The Labute approximate surface area is 131 Å². The van der Waals surface area contributed by atoms with Crippen LogP contribution in [-0.2, 0) is 24.5 Å². The van der Waals surface area contributed by atoms with Crippen LogP contribution in [0.3, 0.4) is 0 Å². The molecular weight excluding hydrogens is 286 g/mol. The van der Waals surface area contributed by atoms with Crippen molar-refractivity contribution in [2.24, 2.45) is 5.92 Å². The van der Waals surface area contributed by atoms with Crippen LogP contribution in [0.25, 0.3) is 0 Å². The molecule has 0 aliphatic carbocycles. The molecule has 1 aromatic carbocycles. The Bertz CT molecular complexity index is 551. The second kappa shape index (κ2) is 8.23. The molecule has 0 radical (unpaired) electrons. The summed E-state index contributed by atoms with van der Waals surface area (Å²) in [4.78, 5) is 0. The van der Waals surface area contributed by atoms with Gasteiger partial charge in [-0.1, -0.05) is 37.6 Å². The van der Waals surface area contributed by atoms with Gasteiger partial charge < -0.3 is 14.5 Å². The van der Waals surface area contributed by atoms with E-state index in [9.17, 15) is 0 Å². The van der Waals surface area contributed by atoms with Crippen molar-refractivity contribution in [2.75, 3.05) is 6.54 Å². The Balaban J connectivity index is 1.72. The van der Waals surface area contributed by atoms with E-state index in [1.54, 1.807) is 0 Å². The molecule has 0 atom stereocenters. The molecule has 3 nitrogen and oxygen atoms in total. The van der Waals surface area contributed by atoms with Crippen molar-refractivity contribution in [1.29, 1.82) is 0 Å². The maximum atomic E-state index is 5.93. The number of benzene rings is 1. The van der Waals surface area contributed by atoms with E-state index in [0.717, 1.165) is 35.2 Å². The Morgan fingerprint density at radius 2 is 1.95 bits per heavy atom. The fraction of sp³-hybridized carbons (Fsp3) is 0.412. The molecule has 1 heterocycles. The fourth-order valence-electron chi connectivity index (χ4n) is 1.98. The first-order valence-corrected chi connectivity index (χ1v) is 7.62. The van der Waals surface area contributed by atoms with Gasteiger partial charge in [0.1, 0.15) is 18.1 Å². The van der Waals surface area contributed by atoms with Crippen LogP contribution in [0.1, 0.15) is 30.9 Å². The maximum absolute atomic E-state index is 5.93. The number of furan rings is 1. The Morgan fingerprint density at radius 1 is 1.14 bits per heavy atom. The summed E-state index contributed by atoms with van der Waals surface area (Å²) in [7, 11) is 0. The summed E-state index contributed by atoms with van der Waals surface area (Å²) in [6, 6.07) is 11.6. The SMILES string of the molecule is CC(C)CNCc1ccc(COCc2cccc(Cl)c2)o1. The summed E-state index contributed by atoms with van der Waals surface area (Å²) in [5, 5.41) is 4.08. The molecule has 0 aliphatic rings. The molecule has 2 aromatic rings. The van der Waals surface area contributed by atoms with Gasteiger partial charge in [0.25, 0.3) is 0 Å². The minimum absolute atomic E-state index is 0.469. The van der Waals surface area contributed by atoms with Gasteiger partial charge in [-0.15, -0.1) is 0 Å². The van der Waals surface area contributed by atoms with Crippen LogP contribution < -0.4 is 5.32 Å². The molecule has 114 valence electrons. The Morgan fingerprint density at radius 3 is 2.71 bits per heavy atom. The van der Waals surface area contributed by atoms with E-state index in [1.165, 1.54) is 0 Å². The van der Waals surface area contributed by atoms with Crippen LogP contribution in [0.5, 0.6) is 0 Å². The molecule has 0 amide bonds. The third-order valence-electron chi connectivity index (χ3n) is 2.97. The van der Waals surface area contributed by atoms with Gasteiger partial charge in [-0.2, -0.15) is 0 Å². The largest absolute Gasteiger partial charge is 0.462 e. The van der Waals surface area contributed by atoms with E-state index in [1.807, 2.05) is 36.4 Å². The predicted octanol–water partition coefficient (Wildman–Crippen LogP) is 4.40. The summed E-state index contributed by atoms with van der Waals surface area (Å²) in [6.07, 6.45) is 0. The van der Waals surface area contributed by atoms with Gasteiger partial charge in [0.05, 0.1) is 13.2 Å². The molecule has 21 heavy (non-hydrogen) atoms. The van der Waals surface area contributed by atoms with Crippen molar-refractivity contribution in [3.05, 3.63) is 58.5 Å². The van der Waals surface area contributed by atoms with E-state index in [4.69, 9.17) is 20.8 Å². The maximum Gasteiger partial charge on any atom is 0.129 e. The van der Waals surface area contributed by atoms with Gasteiger partial charge >= 0.3 is 0 Å². The zero-order valence-electron chi connectivity index (χ0n) is 12.6. The van der Waals surface area contributed by atoms with Crippen molar-refractivity contribution >= 4 is 11.6 Å². The van der Waals surface area contributed by atoms with Gasteiger partial charge in [0, 0.05) is 5.02 Å². The standard InChI is InChI=1S/C17H22ClNO2/c1-13(2)9-19-10-16-6-7-17(21-16)12-20-11-14-4-3-5-15(18)8-14/h3-8,13,19H,9-12H2,1-2H3. The third kappa shape index (κ3) is 5.92. The number of rotatable bonds is 8. The van der Waals surface area contributed by atoms with Gasteiger partial charge in [0.15, 0.2) is 0 Å². The highest BCUT2D eigenvalue weighted by atomic mass is 35.5. The summed E-state index contributed by atoms with van der Waals surface area (Å²) in [5.41, 5.74) is 1.06. The van der Waals surface area contributed by atoms with Crippen molar-refractivity contribution < 1.29 is 9.15 Å². The first-order valence-electron chi connectivity index (χ1n) is 7.24. The second-order valence-electron chi connectivity index (χ2n) is 5.52. The van der Waals surface area contributed by atoms with Crippen LogP contribution in [0.2, 0.25) is 5.02 Å². The summed E-state index contributed by atoms with van der Waals surface area (Å²) in [6.45, 7) is 7.11. The molecular formula is C17H22ClNO2. The molecule has 0 saturated heterocycles. The second-order valence-corrected chi connectivity index (χ2v) is 5.95. The summed E-state index contributed by atoms with van der Waals surface area (Å²) >= 11 is 5.93. The molecule has 0 fully saturated rings. The van der Waals surface area contributed by atoms with E-state index in [2.05, 4.69) is 19.2 Å². The number of hydrogen-bond acceptors (Lipinski definition) is 3. The average molecular weight is 308 g/mol. The zero-order chi connectivity index (χ0) is 15.1. The van der Waals surface area contributed by atoms with Crippen LogP contribution in [-0.4, -0.2) is 6.54 Å². The van der Waals surface area contributed by atoms with Crippen LogP contribution in [0, 0.1) is 5.92 Å². The molecule has 0 aliphatic heterocycles. The number of hydrogen-bond donors (Lipinski definition) is 1. The topological polar surface area (TPSA) is 34.4 Å². The van der Waals surface area contributed by atoms with Crippen LogP contribution >= 0.6 is 11.6 Å². The molecule has 1 N–H and O–H groups in total. The minimum atomic E-state index is 0.469. The first kappa shape index (κ1) is 16.1. The quantitative estimate of drug-likeness (QED) is 0.785. The van der Waals surface area contributed by atoms with Crippen molar-refractivity contribution in [3.63, 3.8) is 0 Å². The van der Waals surface area contributed by atoms with Crippen LogP contribution in [0.4, 0.5) is 0 Å². The minimum Gasteiger partial charge on any atom is -0.462 e. The number of ether oxygens (including phenoxy) is 1. The molecule has 0 saturated carbocycles. The number of halogens is 1. The normalized spacial score (nSPS) is 11.2. The highest BCUT2D eigenvalue weighted by Gasteiger charge is 2.03. The lowest BCUT2D eigenvalue weighted by Crippen LogP contribution is -2.18. The molecule has 1 aromatic heterocycles. The summed E-state index contributed by atoms with van der Waals surface area (Å²) in [5.74, 6) is 2.43. The first-order chi connectivity index (χ1) is 10.1. The van der Waals surface area contributed by atoms with E-state index in [-0.39, 0.29) is 0 Å². The van der Waals surface area contributed by atoms with Gasteiger partial charge in [-0.05, 0) is 42.3 Å². The molecule has 4 heteroatoms. The highest BCUT2D eigenvalue weighted by molar-refractivity contribution is 6.30. The monoisotopic (exact) mass is 307 g/mol. The Kier molecular flexibility index (Phi) is 6.30. The predicted molar refractivity (Wildman–Crippen MR) is 85.2 cm³/mol. The van der Waals surface area contributed by atoms with E-state index < -0.39 is 0 Å². The van der Waals surface area contributed by atoms with Gasteiger partial charge in [-0.3, -0.25) is 0 Å². The third-order valence-corrected chi connectivity index (χ3v) is 3.21. The highest BCUT2D eigenvalue weighted by Crippen LogP contribution is 2.13. The van der Waals surface area contributed by atoms with Crippen molar-refractivity contribution in [2.45, 2.75) is 33.6 Å². The summed E-state index contributed by atoms with van der Waals surface area (Å²) < 4.78 is 11.4. The van der Waals surface area contributed by atoms with Crippen molar-refractivity contribution in [1.82, 2.24) is 5.32 Å². The molecule has 0 spiro atoms. The molecule has 2 rings (SSSR count). The van der Waals surface area contributed by atoms with E-state index in [0.29, 0.717) is 19.1 Å². The lowest BCUT2D eigenvalue weighted by Gasteiger charge is -2.05. The van der Waals surface area contributed by atoms with Gasteiger partial charge in [0.2, 0.25) is 0 Å². The zero-order valence-corrected chi connectivity index (χ0v) is 13.3. The average Bonchev–Trinajstić information content (AvgIpc) is 2.86. The lowest BCUT2D eigenvalue weighted by atomic mass is 10.2. The molecule has 0 unspecified atom stereocenters. The number of nitrogens with one attached hydrogen (secondary N) is 1. The van der Waals surface area contributed by atoms with Crippen LogP contribution in [0.15, 0.2) is 40.8 Å². The Hall–Kier alpha value is -1.29. The van der Waals surface area contributed by atoms with E-state index >= 15 is 0 Å². The lowest BCUT2D eigenvalue weighted by molar-refractivity contribution is 0.0920. The van der Waals surface area contributed by atoms with Gasteiger partial charge in [-0.25, -0.2) is 0 Å². The van der Waals surface area contributed by atoms with Crippen molar-refractivity contribution in [3.8, 4) is 0 Å².